The number of carbonyl (C=O) groups is 1. The number of nitrogens with one attached hydrogen (secondary N) is 1. The zero-order chi connectivity index (χ0) is 17.6. The van der Waals surface area contributed by atoms with Gasteiger partial charge in [0.2, 0.25) is 0 Å². The van der Waals surface area contributed by atoms with E-state index in [1.54, 1.807) is 0 Å². The predicted molar refractivity (Wildman–Crippen MR) is 102 cm³/mol. The number of hydrogen-bond donors (Lipinski definition) is 1. The van der Waals surface area contributed by atoms with Crippen molar-refractivity contribution in [2.75, 3.05) is 7.05 Å². The monoisotopic (exact) mass is 339 g/mol. The van der Waals surface area contributed by atoms with E-state index in [0.29, 0.717) is 24.2 Å². The second-order valence-corrected chi connectivity index (χ2v) is 7.92. The minimum atomic E-state index is 0.0900. The first-order chi connectivity index (χ1) is 12.1. The highest BCUT2D eigenvalue weighted by molar-refractivity contribution is 6.07. The molecule has 1 amide bonds. The van der Waals surface area contributed by atoms with Crippen molar-refractivity contribution in [1.82, 2.24) is 14.8 Å². The number of carbonyl (C=O) groups excluding carboxylic acids is 1. The lowest BCUT2D eigenvalue weighted by molar-refractivity contribution is 0.0884. The van der Waals surface area contributed by atoms with E-state index >= 15 is 0 Å². The third kappa shape index (κ3) is 2.86. The minimum Gasteiger partial charge on any atom is -0.349 e. The Morgan fingerprint density at radius 2 is 1.92 bits per heavy atom. The summed E-state index contributed by atoms with van der Waals surface area (Å²) in [4.78, 5) is 15.5. The quantitative estimate of drug-likeness (QED) is 0.915. The maximum Gasteiger partial charge on any atom is 0.253 e. The molecule has 3 unspecified atom stereocenters. The van der Waals surface area contributed by atoms with Gasteiger partial charge in [0.1, 0.15) is 0 Å². The predicted octanol–water partition coefficient (Wildman–Crippen LogP) is 3.97. The molecule has 2 aliphatic heterocycles. The van der Waals surface area contributed by atoms with Crippen LogP contribution in [0.3, 0.4) is 0 Å². The largest absolute Gasteiger partial charge is 0.349 e. The van der Waals surface area contributed by atoms with Crippen LogP contribution in [0, 0.1) is 0 Å². The van der Waals surface area contributed by atoms with Crippen LogP contribution in [0.1, 0.15) is 62.4 Å². The summed E-state index contributed by atoms with van der Waals surface area (Å²) in [5, 5.41) is 4.41. The molecule has 134 valence electrons. The van der Waals surface area contributed by atoms with Gasteiger partial charge in [-0.1, -0.05) is 25.1 Å². The van der Waals surface area contributed by atoms with Crippen molar-refractivity contribution >= 4 is 16.8 Å². The Bertz CT molecular complexity index is 767. The van der Waals surface area contributed by atoms with Crippen molar-refractivity contribution < 1.29 is 4.79 Å². The molecule has 0 spiro atoms. The van der Waals surface area contributed by atoms with Gasteiger partial charge in [-0.2, -0.15) is 0 Å². The van der Waals surface area contributed by atoms with Crippen molar-refractivity contribution in [2.24, 2.45) is 0 Å². The first-order valence-electron chi connectivity index (χ1n) is 9.70. The zero-order valence-electron chi connectivity index (χ0n) is 15.5. The first kappa shape index (κ1) is 16.6. The van der Waals surface area contributed by atoms with E-state index in [1.165, 1.54) is 12.8 Å². The van der Waals surface area contributed by atoms with Crippen LogP contribution in [-0.2, 0) is 0 Å². The highest BCUT2D eigenvalue weighted by Gasteiger charge is 2.39. The molecule has 2 bridgehead atoms. The fourth-order valence-corrected chi connectivity index (χ4v) is 4.74. The molecule has 2 fully saturated rings. The van der Waals surface area contributed by atoms with E-state index in [-0.39, 0.29) is 5.91 Å². The number of nitrogens with zero attached hydrogens (tertiary/aromatic N) is 2. The molecule has 3 atom stereocenters. The van der Waals surface area contributed by atoms with Crippen LogP contribution in [0.5, 0.6) is 0 Å². The third-order valence-corrected chi connectivity index (χ3v) is 6.48. The van der Waals surface area contributed by atoms with E-state index in [4.69, 9.17) is 0 Å². The van der Waals surface area contributed by atoms with Gasteiger partial charge in [-0.3, -0.25) is 4.79 Å². The molecule has 1 N–H and O–H groups in total. The maximum atomic E-state index is 13.0. The summed E-state index contributed by atoms with van der Waals surface area (Å²) < 4.78 is 2.25. The topological polar surface area (TPSA) is 37.3 Å². The van der Waals surface area contributed by atoms with Gasteiger partial charge in [0.05, 0.1) is 5.56 Å². The molecule has 2 saturated heterocycles. The number of aromatic nitrogens is 1. The molecular formula is C21H29N3O. The molecule has 0 aliphatic carbocycles. The lowest BCUT2D eigenvalue weighted by atomic mass is 9.97. The lowest BCUT2D eigenvalue weighted by Gasteiger charge is -2.36. The van der Waals surface area contributed by atoms with Crippen molar-refractivity contribution in [2.45, 2.75) is 70.1 Å². The summed E-state index contributed by atoms with van der Waals surface area (Å²) in [6.45, 7) is 4.40. The van der Waals surface area contributed by atoms with Gasteiger partial charge in [-0.25, -0.2) is 0 Å². The Balaban J connectivity index is 1.58. The van der Waals surface area contributed by atoms with Crippen LogP contribution < -0.4 is 5.32 Å². The van der Waals surface area contributed by atoms with Gasteiger partial charge in [0, 0.05) is 41.3 Å². The van der Waals surface area contributed by atoms with Crippen LogP contribution in [-0.4, -0.2) is 40.5 Å². The summed E-state index contributed by atoms with van der Waals surface area (Å²) in [5.41, 5.74) is 1.98. The van der Waals surface area contributed by atoms with Crippen molar-refractivity contribution in [1.29, 1.82) is 0 Å². The number of amides is 1. The zero-order valence-corrected chi connectivity index (χ0v) is 15.5. The van der Waals surface area contributed by atoms with Crippen LogP contribution in [0.2, 0.25) is 0 Å². The van der Waals surface area contributed by atoms with E-state index in [1.807, 2.05) is 6.07 Å². The molecule has 4 nitrogen and oxygen atoms in total. The molecule has 25 heavy (non-hydrogen) atoms. The number of piperidine rings is 1. The van der Waals surface area contributed by atoms with Crippen LogP contribution in [0.4, 0.5) is 0 Å². The van der Waals surface area contributed by atoms with Crippen LogP contribution in [0.15, 0.2) is 30.5 Å². The fraction of sp³-hybridized carbons (Fsp3) is 0.571. The molecule has 0 radical (unpaired) electrons. The number of benzene rings is 1. The first-order valence-corrected chi connectivity index (χ1v) is 9.70. The summed E-state index contributed by atoms with van der Waals surface area (Å²) in [5.74, 6) is 0.0900. The van der Waals surface area contributed by atoms with Gasteiger partial charge in [0.25, 0.3) is 5.91 Å². The van der Waals surface area contributed by atoms with Crippen molar-refractivity contribution in [3.8, 4) is 0 Å². The van der Waals surface area contributed by atoms with Crippen LogP contribution in [0.25, 0.3) is 10.9 Å². The van der Waals surface area contributed by atoms with E-state index in [2.05, 4.69) is 60.1 Å². The molecule has 0 saturated carbocycles. The van der Waals surface area contributed by atoms with Crippen LogP contribution >= 0.6 is 0 Å². The normalized spacial score (nSPS) is 27.6. The summed E-state index contributed by atoms with van der Waals surface area (Å²) in [7, 11) is 2.24. The Hall–Kier alpha value is -1.81. The molecule has 1 aromatic heterocycles. The lowest BCUT2D eigenvalue weighted by Crippen LogP contribution is -2.48. The summed E-state index contributed by atoms with van der Waals surface area (Å²) >= 11 is 0. The molecule has 2 aromatic rings. The Labute approximate surface area is 150 Å². The van der Waals surface area contributed by atoms with Gasteiger partial charge >= 0.3 is 0 Å². The Morgan fingerprint density at radius 3 is 2.60 bits per heavy atom. The van der Waals surface area contributed by atoms with Gasteiger partial charge < -0.3 is 14.8 Å². The molecule has 2 aliphatic rings. The number of rotatable bonds is 4. The standard InChI is InChI=1S/C21H29N3O/c1-4-14(2)24-13-19(18-7-5-6-8-20(18)24)21(25)22-15-11-16-9-10-17(12-15)23(16)3/h5-8,13-17H,4,9-12H2,1-3H3,(H,22,25). The fourth-order valence-electron chi connectivity index (χ4n) is 4.74. The molecular weight excluding hydrogens is 310 g/mol. The Morgan fingerprint density at radius 1 is 1.24 bits per heavy atom. The molecule has 4 heteroatoms. The van der Waals surface area contributed by atoms with Gasteiger partial charge in [0.15, 0.2) is 0 Å². The maximum absolute atomic E-state index is 13.0. The second-order valence-electron chi connectivity index (χ2n) is 7.92. The van der Waals surface area contributed by atoms with Crippen molar-refractivity contribution in [3.63, 3.8) is 0 Å². The number of fused-ring (bicyclic) bond motifs is 3. The highest BCUT2D eigenvalue weighted by Crippen LogP contribution is 2.34. The number of para-hydroxylation sites is 1. The molecule has 1 aromatic carbocycles. The Kier molecular flexibility index (Phi) is 4.32. The van der Waals surface area contributed by atoms with E-state index in [0.717, 1.165) is 35.7 Å². The van der Waals surface area contributed by atoms with Crippen molar-refractivity contribution in [3.05, 3.63) is 36.0 Å². The molecule has 4 rings (SSSR count). The smallest absolute Gasteiger partial charge is 0.253 e. The third-order valence-electron chi connectivity index (χ3n) is 6.48. The van der Waals surface area contributed by atoms with Gasteiger partial charge in [-0.15, -0.1) is 0 Å². The van der Waals surface area contributed by atoms with Gasteiger partial charge in [-0.05, 0) is 52.1 Å². The molecule has 3 heterocycles. The van der Waals surface area contributed by atoms with E-state index in [9.17, 15) is 4.79 Å². The average molecular weight is 339 g/mol. The highest BCUT2D eigenvalue weighted by atomic mass is 16.1. The van der Waals surface area contributed by atoms with E-state index < -0.39 is 0 Å². The minimum absolute atomic E-state index is 0.0900. The summed E-state index contributed by atoms with van der Waals surface area (Å²) in [6, 6.07) is 10.3. The number of hydrogen-bond acceptors (Lipinski definition) is 2. The summed E-state index contributed by atoms with van der Waals surface area (Å²) in [6.07, 6.45) is 7.84. The second kappa shape index (κ2) is 6.49. The average Bonchev–Trinajstić information content (AvgIpc) is 3.08. The SMILES string of the molecule is CCC(C)n1cc(C(=O)NC2CC3CCC(C2)N3C)c2ccccc21.